The third-order valence-electron chi connectivity index (χ3n) is 3.03. The Morgan fingerprint density at radius 1 is 1.22 bits per heavy atom. The molecule has 1 aromatic carbocycles. The number of rotatable bonds is 2. The number of hydrogen-bond acceptors (Lipinski definition) is 3. The van der Waals surface area contributed by atoms with E-state index in [9.17, 15) is 0 Å². The van der Waals surface area contributed by atoms with Crippen molar-refractivity contribution in [2.24, 2.45) is 0 Å². The molecule has 2 heterocycles. The van der Waals surface area contributed by atoms with Gasteiger partial charge in [-0.2, -0.15) is 5.10 Å². The molecule has 0 amide bonds. The highest BCUT2D eigenvalue weighted by Crippen LogP contribution is 2.30. The number of hydrogen-bond donors (Lipinski definition) is 2. The number of H-pyrrole nitrogens is 1. The van der Waals surface area contributed by atoms with Crippen molar-refractivity contribution in [3.8, 4) is 11.3 Å². The van der Waals surface area contributed by atoms with Crippen LogP contribution in [0.3, 0.4) is 0 Å². The molecule has 3 N–H and O–H groups in total. The van der Waals surface area contributed by atoms with Gasteiger partial charge in [-0.05, 0) is 12.5 Å². The number of nitrogens with one attached hydrogen (secondary N) is 1. The Hall–Kier alpha value is -2.36. The first-order valence-corrected chi connectivity index (χ1v) is 5.98. The number of pyridine rings is 1. The van der Waals surface area contributed by atoms with Gasteiger partial charge in [0.25, 0.3) is 0 Å². The maximum Gasteiger partial charge on any atom is 0.155 e. The first kappa shape index (κ1) is 10.8. The normalized spacial score (nSPS) is 10.9. The van der Waals surface area contributed by atoms with Crippen molar-refractivity contribution >= 4 is 16.7 Å². The molecule has 90 valence electrons. The van der Waals surface area contributed by atoms with E-state index in [0.29, 0.717) is 5.82 Å². The molecule has 0 radical (unpaired) electrons. The monoisotopic (exact) mass is 238 g/mol. The molecule has 0 saturated heterocycles. The van der Waals surface area contributed by atoms with Crippen LogP contribution in [0.25, 0.3) is 22.2 Å². The van der Waals surface area contributed by atoms with Crippen LogP contribution in [0.4, 0.5) is 5.82 Å². The molecular weight excluding hydrogens is 224 g/mol. The smallest absolute Gasteiger partial charge is 0.155 e. The maximum atomic E-state index is 5.92. The zero-order valence-corrected chi connectivity index (χ0v) is 10.1. The molecule has 0 spiro atoms. The van der Waals surface area contributed by atoms with Crippen molar-refractivity contribution in [2.45, 2.75) is 13.3 Å². The molecule has 18 heavy (non-hydrogen) atoms. The summed E-state index contributed by atoms with van der Waals surface area (Å²) in [6.07, 6.45) is 0.884. The quantitative estimate of drug-likeness (QED) is 0.721. The number of aromatic amines is 1. The van der Waals surface area contributed by atoms with Crippen LogP contribution in [0.15, 0.2) is 36.4 Å². The Balaban J connectivity index is 2.35. The zero-order chi connectivity index (χ0) is 12.5. The van der Waals surface area contributed by atoms with Gasteiger partial charge in [0, 0.05) is 11.3 Å². The van der Waals surface area contributed by atoms with E-state index in [4.69, 9.17) is 5.73 Å². The summed E-state index contributed by atoms with van der Waals surface area (Å²) in [5.74, 6) is 0.499. The van der Waals surface area contributed by atoms with Gasteiger partial charge in [-0.3, -0.25) is 10.1 Å². The number of aromatic nitrogens is 3. The van der Waals surface area contributed by atoms with Crippen LogP contribution < -0.4 is 5.73 Å². The second-order valence-corrected chi connectivity index (χ2v) is 4.21. The molecule has 4 heteroatoms. The van der Waals surface area contributed by atoms with Gasteiger partial charge in [-0.25, -0.2) is 0 Å². The summed E-state index contributed by atoms with van der Waals surface area (Å²) in [4.78, 5) is 4.68. The van der Waals surface area contributed by atoms with Gasteiger partial charge in [0.1, 0.15) is 0 Å². The van der Waals surface area contributed by atoms with E-state index in [1.54, 1.807) is 0 Å². The van der Waals surface area contributed by atoms with Crippen LogP contribution in [0, 0.1) is 0 Å². The van der Waals surface area contributed by atoms with Crippen LogP contribution in [0.1, 0.15) is 12.6 Å². The highest BCUT2D eigenvalue weighted by Gasteiger charge is 2.12. The molecule has 3 rings (SSSR count). The third kappa shape index (κ3) is 1.62. The van der Waals surface area contributed by atoms with Gasteiger partial charge < -0.3 is 5.73 Å². The Labute approximate surface area is 105 Å². The van der Waals surface area contributed by atoms with E-state index >= 15 is 0 Å². The number of aryl methyl sites for hydroxylation is 1. The lowest BCUT2D eigenvalue weighted by atomic mass is 10.1. The predicted octanol–water partition coefficient (Wildman–Crippen LogP) is 2.77. The van der Waals surface area contributed by atoms with E-state index in [1.807, 2.05) is 36.4 Å². The summed E-state index contributed by atoms with van der Waals surface area (Å²) in [5.41, 5.74) is 9.86. The van der Waals surface area contributed by atoms with Gasteiger partial charge in [0.2, 0.25) is 0 Å². The third-order valence-corrected chi connectivity index (χ3v) is 3.03. The fourth-order valence-electron chi connectivity index (χ4n) is 2.11. The predicted molar refractivity (Wildman–Crippen MR) is 73.1 cm³/mol. The Bertz CT molecular complexity index is 686. The fraction of sp³-hybridized carbons (Fsp3) is 0.143. The summed E-state index contributed by atoms with van der Waals surface area (Å²) >= 11 is 0. The van der Waals surface area contributed by atoms with E-state index < -0.39 is 0 Å². The van der Waals surface area contributed by atoms with Gasteiger partial charge >= 0.3 is 0 Å². The number of fused-ring (bicyclic) bond motifs is 1. The largest absolute Gasteiger partial charge is 0.382 e. The van der Waals surface area contributed by atoms with Crippen LogP contribution in [0.2, 0.25) is 0 Å². The maximum absolute atomic E-state index is 5.92. The minimum Gasteiger partial charge on any atom is -0.382 e. The molecule has 0 atom stereocenters. The fourth-order valence-corrected chi connectivity index (χ4v) is 2.11. The van der Waals surface area contributed by atoms with Crippen LogP contribution in [-0.2, 0) is 6.42 Å². The van der Waals surface area contributed by atoms with Crippen LogP contribution in [0.5, 0.6) is 0 Å². The molecule has 0 fully saturated rings. The zero-order valence-electron chi connectivity index (χ0n) is 10.1. The minimum atomic E-state index is 0.499. The molecule has 3 aromatic rings. The van der Waals surface area contributed by atoms with E-state index in [0.717, 1.165) is 34.3 Å². The number of nitrogen functional groups attached to an aromatic ring is 1. The van der Waals surface area contributed by atoms with Crippen LogP contribution in [-0.4, -0.2) is 15.2 Å². The molecule has 4 nitrogen and oxygen atoms in total. The summed E-state index contributed by atoms with van der Waals surface area (Å²) in [6.45, 7) is 2.09. The minimum absolute atomic E-state index is 0.499. The summed E-state index contributed by atoms with van der Waals surface area (Å²) < 4.78 is 0. The second-order valence-electron chi connectivity index (χ2n) is 4.21. The van der Waals surface area contributed by atoms with Crippen molar-refractivity contribution in [3.05, 3.63) is 42.1 Å². The van der Waals surface area contributed by atoms with Gasteiger partial charge in [-0.1, -0.05) is 37.3 Å². The van der Waals surface area contributed by atoms with Gasteiger partial charge in [-0.15, -0.1) is 0 Å². The van der Waals surface area contributed by atoms with Crippen molar-refractivity contribution in [3.63, 3.8) is 0 Å². The molecule has 0 aliphatic heterocycles. The SMILES string of the molecule is CCc1cc2[nH]nc(N)c2c(-c2ccccc2)n1. The second kappa shape index (κ2) is 4.14. The molecule has 0 unspecified atom stereocenters. The number of nitrogens with zero attached hydrogens (tertiary/aromatic N) is 2. The Kier molecular flexibility index (Phi) is 2.48. The van der Waals surface area contributed by atoms with Crippen molar-refractivity contribution in [1.29, 1.82) is 0 Å². The lowest BCUT2D eigenvalue weighted by Gasteiger charge is -2.05. The van der Waals surface area contributed by atoms with Crippen LogP contribution >= 0.6 is 0 Å². The highest BCUT2D eigenvalue weighted by atomic mass is 15.2. The lowest BCUT2D eigenvalue weighted by molar-refractivity contribution is 1.04. The summed E-state index contributed by atoms with van der Waals surface area (Å²) in [7, 11) is 0. The number of anilines is 1. The Morgan fingerprint density at radius 2 is 2.00 bits per heavy atom. The molecule has 0 aliphatic rings. The molecular formula is C14H14N4. The molecule has 2 aromatic heterocycles. The van der Waals surface area contributed by atoms with Crippen molar-refractivity contribution < 1.29 is 0 Å². The van der Waals surface area contributed by atoms with Crippen molar-refractivity contribution in [2.75, 3.05) is 5.73 Å². The number of benzene rings is 1. The molecule has 0 bridgehead atoms. The first-order valence-electron chi connectivity index (χ1n) is 5.98. The van der Waals surface area contributed by atoms with E-state index in [2.05, 4.69) is 22.1 Å². The van der Waals surface area contributed by atoms with Crippen molar-refractivity contribution in [1.82, 2.24) is 15.2 Å². The summed E-state index contributed by atoms with van der Waals surface area (Å²) in [6, 6.07) is 12.1. The van der Waals surface area contributed by atoms with Gasteiger partial charge in [0.05, 0.1) is 16.6 Å². The average Bonchev–Trinajstić information content (AvgIpc) is 2.80. The lowest BCUT2D eigenvalue weighted by Crippen LogP contribution is -1.93. The number of nitrogens with two attached hydrogens (primary N) is 1. The van der Waals surface area contributed by atoms with E-state index in [-0.39, 0.29) is 0 Å². The molecule has 0 saturated carbocycles. The molecule has 0 aliphatic carbocycles. The highest BCUT2D eigenvalue weighted by molar-refractivity contribution is 5.99. The Morgan fingerprint density at radius 3 is 2.72 bits per heavy atom. The van der Waals surface area contributed by atoms with Gasteiger partial charge in [0.15, 0.2) is 5.82 Å². The average molecular weight is 238 g/mol. The summed E-state index contributed by atoms with van der Waals surface area (Å²) in [5, 5.41) is 7.93. The first-order chi connectivity index (χ1) is 8.79. The topological polar surface area (TPSA) is 67.6 Å². The standard InChI is InChI=1S/C14H14N4/c1-2-10-8-11-12(14(15)18-17-11)13(16-10)9-6-4-3-5-7-9/h3-8H,2H2,1H3,(H3,15,17,18). The van der Waals surface area contributed by atoms with E-state index in [1.165, 1.54) is 0 Å².